The number of carbonyl (C=O) groups is 1. The van der Waals surface area contributed by atoms with E-state index in [1.165, 1.54) is 4.90 Å². The summed E-state index contributed by atoms with van der Waals surface area (Å²) in [6.45, 7) is 2.98. The lowest BCUT2D eigenvalue weighted by Gasteiger charge is -2.31. The van der Waals surface area contributed by atoms with E-state index in [9.17, 15) is 4.79 Å². The summed E-state index contributed by atoms with van der Waals surface area (Å²) >= 11 is 0. The van der Waals surface area contributed by atoms with Crippen molar-refractivity contribution in [2.45, 2.75) is 37.8 Å². The maximum absolute atomic E-state index is 11.7. The van der Waals surface area contributed by atoms with Crippen molar-refractivity contribution in [1.82, 2.24) is 24.8 Å². The molecule has 3 aromatic rings. The first-order chi connectivity index (χ1) is 18.0. The molecule has 196 valence electrons. The third-order valence-electron chi connectivity index (χ3n) is 6.66. The van der Waals surface area contributed by atoms with Crippen molar-refractivity contribution < 1.29 is 19.0 Å². The number of likely N-dealkylation sites (N-methyl/N-ethyl adjacent to an activating group) is 1. The van der Waals surface area contributed by atoms with Crippen molar-refractivity contribution in [1.29, 1.82) is 0 Å². The molecule has 1 saturated heterocycles. The van der Waals surface area contributed by atoms with E-state index in [2.05, 4.69) is 25.2 Å². The zero-order valence-electron chi connectivity index (χ0n) is 21.3. The van der Waals surface area contributed by atoms with Crippen molar-refractivity contribution in [3.8, 4) is 11.6 Å². The van der Waals surface area contributed by atoms with Crippen LogP contribution in [0.3, 0.4) is 0 Å². The molecule has 1 aliphatic heterocycles. The summed E-state index contributed by atoms with van der Waals surface area (Å²) in [5.41, 5.74) is 0.889. The van der Waals surface area contributed by atoms with E-state index in [0.29, 0.717) is 30.8 Å². The third-order valence-corrected chi connectivity index (χ3v) is 6.66. The van der Waals surface area contributed by atoms with Gasteiger partial charge in [-0.15, -0.1) is 0 Å². The van der Waals surface area contributed by atoms with E-state index in [0.717, 1.165) is 55.5 Å². The van der Waals surface area contributed by atoms with Crippen molar-refractivity contribution >= 4 is 28.6 Å². The highest BCUT2D eigenvalue weighted by atomic mass is 16.5. The molecule has 11 heteroatoms. The molecule has 1 N–H and O–H groups in total. The molecule has 0 atom stereocenters. The molecule has 1 saturated carbocycles. The molecule has 4 heterocycles. The van der Waals surface area contributed by atoms with Crippen LogP contribution in [0.15, 0.2) is 36.8 Å². The molecule has 0 unspecified atom stereocenters. The second kappa shape index (κ2) is 11.5. The molecule has 0 bridgehead atoms. The van der Waals surface area contributed by atoms with Gasteiger partial charge in [-0.3, -0.25) is 9.78 Å². The number of nitrogens with one attached hydrogen (secondary N) is 1. The number of carbonyl (C=O) groups excluding carboxylic acids is 1. The van der Waals surface area contributed by atoms with Crippen LogP contribution in [0.5, 0.6) is 11.6 Å². The molecular formula is C26H33N7O4. The highest BCUT2D eigenvalue weighted by molar-refractivity contribution is 5.85. The van der Waals surface area contributed by atoms with Gasteiger partial charge in [-0.25, -0.2) is 9.97 Å². The van der Waals surface area contributed by atoms with E-state index in [1.807, 2.05) is 18.2 Å². The molecule has 0 aromatic carbocycles. The summed E-state index contributed by atoms with van der Waals surface area (Å²) in [5.74, 6) is 2.43. The Morgan fingerprint density at radius 3 is 2.62 bits per heavy atom. The lowest BCUT2D eigenvalue weighted by atomic mass is 9.93. The topological polar surface area (TPSA) is 115 Å². The van der Waals surface area contributed by atoms with Gasteiger partial charge in [-0.1, -0.05) is 0 Å². The first-order valence-corrected chi connectivity index (χ1v) is 12.7. The number of aromatic nitrogens is 4. The highest BCUT2D eigenvalue weighted by Crippen LogP contribution is 2.31. The molecule has 2 aliphatic rings. The fourth-order valence-electron chi connectivity index (χ4n) is 4.48. The summed E-state index contributed by atoms with van der Waals surface area (Å²) in [6.07, 6.45) is 8.72. The molecule has 37 heavy (non-hydrogen) atoms. The van der Waals surface area contributed by atoms with Crippen LogP contribution in [0.1, 0.15) is 25.7 Å². The van der Waals surface area contributed by atoms with Crippen LogP contribution >= 0.6 is 0 Å². The fraction of sp³-hybridized carbons (Fsp3) is 0.500. The van der Waals surface area contributed by atoms with Crippen LogP contribution < -0.4 is 19.7 Å². The minimum Gasteiger partial charge on any atom is -0.481 e. The van der Waals surface area contributed by atoms with Crippen molar-refractivity contribution in [3.63, 3.8) is 0 Å². The highest BCUT2D eigenvalue weighted by Gasteiger charge is 2.25. The third kappa shape index (κ3) is 6.34. The van der Waals surface area contributed by atoms with Gasteiger partial charge in [0.1, 0.15) is 11.9 Å². The average Bonchev–Trinajstić information content (AvgIpc) is 2.94. The largest absolute Gasteiger partial charge is 0.481 e. The lowest BCUT2D eigenvalue weighted by molar-refractivity contribution is -0.130. The Balaban J connectivity index is 1.16. The van der Waals surface area contributed by atoms with E-state index >= 15 is 0 Å². The molecule has 5 rings (SSSR count). The smallest absolute Gasteiger partial charge is 0.259 e. The van der Waals surface area contributed by atoms with Crippen LogP contribution in [0.25, 0.3) is 10.9 Å². The van der Waals surface area contributed by atoms with E-state index in [1.54, 1.807) is 32.7 Å². The standard InChI is InChI=1S/C26H33N7O4/c1-32(2)24(34)17-36-20-15-28-26(29-16-20)30-18-5-7-19(8-6-18)37-25-21-4-3-9-27-22(21)14-23(31-25)33-10-12-35-13-11-33/h3-4,9,14-16,18-19H,5-8,10-13,17H2,1-2H3,(H,28,29,30). The van der Waals surface area contributed by atoms with Gasteiger partial charge in [0, 0.05) is 45.5 Å². The van der Waals surface area contributed by atoms with Crippen molar-refractivity contribution in [2.24, 2.45) is 0 Å². The van der Waals surface area contributed by atoms with Gasteiger partial charge in [-0.05, 0) is 37.8 Å². The molecule has 0 spiro atoms. The van der Waals surface area contributed by atoms with Gasteiger partial charge in [0.25, 0.3) is 5.91 Å². The Morgan fingerprint density at radius 2 is 1.89 bits per heavy atom. The van der Waals surface area contributed by atoms with E-state index < -0.39 is 0 Å². The van der Waals surface area contributed by atoms with Crippen molar-refractivity contribution in [2.75, 3.05) is 57.2 Å². The number of hydrogen-bond acceptors (Lipinski definition) is 10. The number of rotatable bonds is 8. The van der Waals surface area contributed by atoms with Gasteiger partial charge >= 0.3 is 0 Å². The first-order valence-electron chi connectivity index (χ1n) is 12.7. The lowest BCUT2D eigenvalue weighted by Crippen LogP contribution is -2.37. The molecule has 11 nitrogen and oxygen atoms in total. The van der Waals surface area contributed by atoms with Crippen LogP contribution in [-0.4, -0.2) is 89.9 Å². The number of amides is 1. The Morgan fingerprint density at radius 1 is 1.14 bits per heavy atom. The molecule has 3 aromatic heterocycles. The normalized spacial score (nSPS) is 19.9. The average molecular weight is 508 g/mol. The van der Waals surface area contributed by atoms with Crippen LogP contribution in [-0.2, 0) is 9.53 Å². The number of pyridine rings is 2. The van der Waals surface area contributed by atoms with Gasteiger partial charge in [0.05, 0.1) is 36.5 Å². The molecule has 1 aliphatic carbocycles. The first kappa shape index (κ1) is 24.9. The Hall–Kier alpha value is -3.73. The van der Waals surface area contributed by atoms with Gasteiger partial charge in [0.15, 0.2) is 12.4 Å². The van der Waals surface area contributed by atoms with Gasteiger partial charge in [0.2, 0.25) is 11.8 Å². The van der Waals surface area contributed by atoms with E-state index in [-0.39, 0.29) is 24.7 Å². The van der Waals surface area contributed by atoms with Gasteiger partial charge in [-0.2, -0.15) is 4.98 Å². The van der Waals surface area contributed by atoms with Crippen LogP contribution in [0.2, 0.25) is 0 Å². The summed E-state index contributed by atoms with van der Waals surface area (Å²) < 4.78 is 17.4. The predicted octanol–water partition coefficient (Wildman–Crippen LogP) is 2.53. The quantitative estimate of drug-likeness (QED) is 0.488. The number of hydrogen-bond donors (Lipinski definition) is 1. The van der Waals surface area contributed by atoms with Crippen LogP contribution in [0, 0.1) is 0 Å². The maximum atomic E-state index is 11.7. The number of fused-ring (bicyclic) bond motifs is 1. The Kier molecular flexibility index (Phi) is 7.79. The monoisotopic (exact) mass is 507 g/mol. The maximum Gasteiger partial charge on any atom is 0.259 e. The number of anilines is 2. The zero-order valence-corrected chi connectivity index (χ0v) is 21.3. The summed E-state index contributed by atoms with van der Waals surface area (Å²) in [5, 5.41) is 4.34. The fourth-order valence-corrected chi connectivity index (χ4v) is 4.48. The number of morpholine rings is 1. The van der Waals surface area contributed by atoms with E-state index in [4.69, 9.17) is 19.2 Å². The molecule has 0 radical (unpaired) electrons. The molecule has 1 amide bonds. The second-order valence-electron chi connectivity index (χ2n) is 9.51. The summed E-state index contributed by atoms with van der Waals surface area (Å²) in [7, 11) is 3.38. The van der Waals surface area contributed by atoms with Crippen molar-refractivity contribution in [3.05, 3.63) is 36.8 Å². The summed E-state index contributed by atoms with van der Waals surface area (Å²) in [4.78, 5) is 33.5. The predicted molar refractivity (Wildman–Crippen MR) is 139 cm³/mol. The van der Waals surface area contributed by atoms with Crippen LogP contribution in [0.4, 0.5) is 11.8 Å². The molecular weight excluding hydrogens is 474 g/mol. The molecule has 2 fully saturated rings. The SMILES string of the molecule is CN(C)C(=O)COc1cnc(NC2CCC(Oc3nc(N4CCOCC4)cc4ncccc34)CC2)nc1. The minimum absolute atomic E-state index is 0.0390. The number of ether oxygens (including phenoxy) is 3. The summed E-state index contributed by atoms with van der Waals surface area (Å²) in [6, 6.07) is 6.23. The van der Waals surface area contributed by atoms with Gasteiger partial charge < -0.3 is 29.3 Å². The number of nitrogens with zero attached hydrogens (tertiary/aromatic N) is 6. The second-order valence-corrected chi connectivity index (χ2v) is 9.51. The minimum atomic E-state index is -0.117. The zero-order chi connectivity index (χ0) is 25.6. The Labute approximate surface area is 216 Å². The Bertz CT molecular complexity index is 1190.